The minimum absolute atomic E-state index is 0.131. The maximum Gasteiger partial charge on any atom is 0.313 e. The Labute approximate surface area is 164 Å². The molecule has 4 rings (SSSR count). The smallest absolute Gasteiger partial charge is 0.313 e. The van der Waals surface area contributed by atoms with Crippen LogP contribution in [-0.2, 0) is 4.79 Å². The molecule has 140 valence electrons. The third kappa shape index (κ3) is 3.67. The van der Waals surface area contributed by atoms with Crippen LogP contribution in [0.25, 0.3) is 22.2 Å². The summed E-state index contributed by atoms with van der Waals surface area (Å²) >= 11 is 1.06. The second kappa shape index (κ2) is 7.69. The number of carbonyl (C=O) groups is 1. The first-order valence-corrected chi connectivity index (χ1v) is 9.48. The highest BCUT2D eigenvalue weighted by molar-refractivity contribution is 7.99. The van der Waals surface area contributed by atoms with E-state index in [0.29, 0.717) is 16.7 Å². The van der Waals surface area contributed by atoms with Gasteiger partial charge in [0, 0.05) is 0 Å². The standard InChI is InChI=1S/C20H16N4O3S/c1-13-17(8-9-27-13)19-22-23-20(28-12-18(25)26)24(19)21-11-14-6-7-15-4-2-3-5-16(15)10-14/h2-11H,12H2,1H3,(H,25,26)/b21-11-. The van der Waals surface area contributed by atoms with E-state index in [4.69, 9.17) is 9.52 Å². The van der Waals surface area contributed by atoms with E-state index >= 15 is 0 Å². The fourth-order valence-corrected chi connectivity index (χ4v) is 3.39. The molecule has 28 heavy (non-hydrogen) atoms. The Kier molecular flexibility index (Phi) is 4.94. The predicted molar refractivity (Wildman–Crippen MR) is 108 cm³/mol. The van der Waals surface area contributed by atoms with Crippen molar-refractivity contribution in [2.45, 2.75) is 12.1 Å². The van der Waals surface area contributed by atoms with E-state index in [2.05, 4.69) is 21.4 Å². The molecule has 2 heterocycles. The van der Waals surface area contributed by atoms with E-state index < -0.39 is 5.97 Å². The first-order chi connectivity index (χ1) is 13.6. The van der Waals surface area contributed by atoms with Gasteiger partial charge in [-0.05, 0) is 35.4 Å². The van der Waals surface area contributed by atoms with Crippen LogP contribution in [0.1, 0.15) is 11.3 Å². The van der Waals surface area contributed by atoms with E-state index in [1.54, 1.807) is 23.2 Å². The number of carboxylic acid groups (broad SMARTS) is 1. The molecule has 0 unspecified atom stereocenters. The van der Waals surface area contributed by atoms with Gasteiger partial charge in [-0.3, -0.25) is 4.79 Å². The maximum absolute atomic E-state index is 10.9. The van der Waals surface area contributed by atoms with Crippen molar-refractivity contribution in [3.63, 3.8) is 0 Å². The molecule has 0 saturated heterocycles. The molecule has 8 heteroatoms. The SMILES string of the molecule is Cc1occc1-c1nnc(SCC(=O)O)n1/N=C\c1ccc2ccccc2c1. The summed E-state index contributed by atoms with van der Waals surface area (Å²) in [6.07, 6.45) is 3.28. The number of aromatic nitrogens is 3. The van der Waals surface area contributed by atoms with Crippen molar-refractivity contribution in [2.24, 2.45) is 5.10 Å². The van der Waals surface area contributed by atoms with Crippen LogP contribution in [0, 0.1) is 6.92 Å². The van der Waals surface area contributed by atoms with Crippen LogP contribution in [-0.4, -0.2) is 37.9 Å². The minimum Gasteiger partial charge on any atom is -0.481 e. The van der Waals surface area contributed by atoms with Gasteiger partial charge in [0.15, 0.2) is 5.82 Å². The predicted octanol–water partition coefficient (Wildman–Crippen LogP) is 4.06. The first kappa shape index (κ1) is 18.0. The van der Waals surface area contributed by atoms with Crippen LogP contribution in [0.2, 0.25) is 0 Å². The van der Waals surface area contributed by atoms with Crippen molar-refractivity contribution in [2.75, 3.05) is 5.75 Å². The lowest BCUT2D eigenvalue weighted by Crippen LogP contribution is -2.01. The molecule has 0 aliphatic rings. The molecule has 2 aromatic heterocycles. The summed E-state index contributed by atoms with van der Waals surface area (Å²) in [5.41, 5.74) is 1.67. The number of aliphatic carboxylic acids is 1. The quantitative estimate of drug-likeness (QED) is 0.393. The molecule has 0 atom stereocenters. The molecule has 0 radical (unpaired) electrons. The number of thioether (sulfide) groups is 1. The summed E-state index contributed by atoms with van der Waals surface area (Å²) in [5, 5.41) is 24.5. The number of nitrogens with zero attached hydrogens (tertiary/aromatic N) is 4. The molecule has 0 fully saturated rings. The molecular weight excluding hydrogens is 376 g/mol. The molecule has 0 saturated carbocycles. The summed E-state index contributed by atoms with van der Waals surface area (Å²) < 4.78 is 6.90. The highest BCUT2D eigenvalue weighted by Gasteiger charge is 2.18. The summed E-state index contributed by atoms with van der Waals surface area (Å²) in [7, 11) is 0. The van der Waals surface area contributed by atoms with Crippen molar-refractivity contribution in [3.8, 4) is 11.4 Å². The van der Waals surface area contributed by atoms with Crippen molar-refractivity contribution in [3.05, 3.63) is 66.1 Å². The minimum atomic E-state index is -0.931. The molecule has 0 spiro atoms. The molecular formula is C20H16N4O3S. The van der Waals surface area contributed by atoms with Gasteiger partial charge in [0.2, 0.25) is 5.16 Å². The Morgan fingerprint density at radius 2 is 2.04 bits per heavy atom. The zero-order valence-corrected chi connectivity index (χ0v) is 15.8. The molecule has 4 aromatic rings. The average molecular weight is 392 g/mol. The normalized spacial score (nSPS) is 11.5. The second-order valence-corrected chi connectivity index (χ2v) is 6.98. The van der Waals surface area contributed by atoms with Crippen molar-refractivity contribution in [1.82, 2.24) is 14.9 Å². The topological polar surface area (TPSA) is 93.5 Å². The Hall–Kier alpha value is -3.39. The van der Waals surface area contributed by atoms with Crippen LogP contribution < -0.4 is 0 Å². The number of hydrogen-bond acceptors (Lipinski definition) is 6. The molecule has 0 bridgehead atoms. The average Bonchev–Trinajstić information content (AvgIpc) is 3.29. The van der Waals surface area contributed by atoms with Gasteiger partial charge >= 0.3 is 5.97 Å². The third-order valence-electron chi connectivity index (χ3n) is 4.13. The number of hydrogen-bond donors (Lipinski definition) is 1. The summed E-state index contributed by atoms with van der Waals surface area (Å²) in [5.74, 6) is 0.119. The van der Waals surface area contributed by atoms with Gasteiger partial charge < -0.3 is 9.52 Å². The van der Waals surface area contributed by atoms with Gasteiger partial charge in [-0.15, -0.1) is 10.2 Å². The van der Waals surface area contributed by atoms with Crippen LogP contribution in [0.15, 0.2) is 69.5 Å². The van der Waals surface area contributed by atoms with Gasteiger partial charge in [-0.2, -0.15) is 9.78 Å². The summed E-state index contributed by atoms with van der Waals surface area (Å²) in [6, 6.07) is 15.9. The first-order valence-electron chi connectivity index (χ1n) is 8.49. The lowest BCUT2D eigenvalue weighted by atomic mass is 10.1. The Bertz CT molecular complexity index is 1180. The lowest BCUT2D eigenvalue weighted by Gasteiger charge is -2.03. The van der Waals surface area contributed by atoms with Gasteiger partial charge in [-0.1, -0.05) is 48.2 Å². The number of carboxylic acids is 1. The van der Waals surface area contributed by atoms with Crippen LogP contribution in [0.4, 0.5) is 0 Å². The van der Waals surface area contributed by atoms with E-state index in [9.17, 15) is 4.79 Å². The molecule has 2 aromatic carbocycles. The van der Waals surface area contributed by atoms with E-state index in [1.165, 1.54) is 0 Å². The van der Waals surface area contributed by atoms with E-state index in [0.717, 1.165) is 33.7 Å². The monoisotopic (exact) mass is 392 g/mol. The third-order valence-corrected chi connectivity index (χ3v) is 5.04. The van der Waals surface area contributed by atoms with Gasteiger partial charge in [0.1, 0.15) is 5.76 Å². The molecule has 0 aliphatic carbocycles. The van der Waals surface area contributed by atoms with Gasteiger partial charge in [0.25, 0.3) is 0 Å². The lowest BCUT2D eigenvalue weighted by molar-refractivity contribution is -0.133. The van der Waals surface area contributed by atoms with Crippen LogP contribution in [0.5, 0.6) is 0 Å². The Morgan fingerprint density at radius 3 is 2.79 bits per heavy atom. The van der Waals surface area contributed by atoms with Crippen molar-refractivity contribution >= 4 is 34.7 Å². The molecule has 0 aliphatic heterocycles. The maximum atomic E-state index is 10.9. The van der Waals surface area contributed by atoms with Crippen LogP contribution in [0.3, 0.4) is 0 Å². The van der Waals surface area contributed by atoms with Gasteiger partial charge in [-0.25, -0.2) is 0 Å². The van der Waals surface area contributed by atoms with Crippen LogP contribution >= 0.6 is 11.8 Å². The Balaban J connectivity index is 1.73. The van der Waals surface area contributed by atoms with E-state index in [-0.39, 0.29) is 5.75 Å². The van der Waals surface area contributed by atoms with Crippen molar-refractivity contribution < 1.29 is 14.3 Å². The number of rotatable bonds is 6. The van der Waals surface area contributed by atoms with Gasteiger partial charge in [0.05, 0.1) is 23.8 Å². The fourth-order valence-electron chi connectivity index (χ4n) is 2.78. The number of fused-ring (bicyclic) bond motifs is 1. The molecule has 0 amide bonds. The number of furan rings is 1. The number of benzene rings is 2. The Morgan fingerprint density at radius 1 is 1.21 bits per heavy atom. The zero-order chi connectivity index (χ0) is 19.5. The highest BCUT2D eigenvalue weighted by atomic mass is 32.2. The second-order valence-electron chi connectivity index (χ2n) is 6.04. The summed E-state index contributed by atoms with van der Waals surface area (Å²) in [4.78, 5) is 10.9. The molecule has 7 nitrogen and oxygen atoms in total. The van der Waals surface area contributed by atoms with Crippen molar-refractivity contribution in [1.29, 1.82) is 0 Å². The highest BCUT2D eigenvalue weighted by Crippen LogP contribution is 2.27. The van der Waals surface area contributed by atoms with E-state index in [1.807, 2.05) is 43.3 Å². The largest absolute Gasteiger partial charge is 0.481 e. The zero-order valence-electron chi connectivity index (χ0n) is 14.9. The number of aryl methyl sites for hydroxylation is 1. The molecule has 1 N–H and O–H groups in total. The summed E-state index contributed by atoms with van der Waals surface area (Å²) in [6.45, 7) is 1.82. The fraction of sp³-hybridized carbons (Fsp3) is 0.100.